The number of H-pyrrole nitrogens is 1. The zero-order valence-corrected chi connectivity index (χ0v) is 13.9. The van der Waals surface area contributed by atoms with Crippen LogP contribution < -0.4 is 25.7 Å². The van der Waals surface area contributed by atoms with Crippen LogP contribution in [0.4, 0.5) is 11.4 Å². The second-order valence-corrected chi connectivity index (χ2v) is 6.37. The summed E-state index contributed by atoms with van der Waals surface area (Å²) in [6, 6.07) is 5.38. The van der Waals surface area contributed by atoms with Gasteiger partial charge in [0.2, 0.25) is 5.56 Å². The predicted octanol–water partition coefficient (Wildman–Crippen LogP) is 2.34. The van der Waals surface area contributed by atoms with E-state index in [1.54, 1.807) is 20.3 Å². The number of aromatic amines is 1. The Morgan fingerprint density at radius 2 is 1.92 bits per heavy atom. The van der Waals surface area contributed by atoms with Crippen LogP contribution in [0.1, 0.15) is 24.5 Å². The predicted molar refractivity (Wildman–Crippen MR) is 94.2 cm³/mol. The monoisotopic (exact) mass is 327 g/mol. The standard InChI is InChI=1S/C18H21N3O3/c1-23-14-8-11(7-13(19)18(14)24-2)12-9-15(22)20-16-10-3-5-21(6-4-10)17(12)16/h7-10H,3-6,19H2,1-2H3,(H,20,22). The molecule has 0 atom stereocenters. The number of anilines is 2. The molecule has 6 heteroatoms. The summed E-state index contributed by atoms with van der Waals surface area (Å²) in [5.41, 5.74) is 10.5. The van der Waals surface area contributed by atoms with Crippen LogP contribution in [0.5, 0.6) is 11.5 Å². The number of nitrogens with two attached hydrogens (primary N) is 1. The van der Waals surface area contributed by atoms with Gasteiger partial charge in [-0.05, 0) is 30.5 Å². The lowest BCUT2D eigenvalue weighted by Crippen LogP contribution is -2.40. The number of nitrogens with zero attached hydrogens (tertiary/aromatic N) is 1. The van der Waals surface area contributed by atoms with Crippen molar-refractivity contribution in [2.24, 2.45) is 0 Å². The van der Waals surface area contributed by atoms with Gasteiger partial charge in [0, 0.05) is 36.3 Å². The molecule has 3 N–H and O–H groups in total. The third kappa shape index (κ3) is 2.13. The van der Waals surface area contributed by atoms with Crippen LogP contribution in [0.25, 0.3) is 11.1 Å². The molecule has 2 aromatic rings. The molecular weight excluding hydrogens is 306 g/mol. The van der Waals surface area contributed by atoms with E-state index in [1.165, 1.54) is 0 Å². The lowest BCUT2D eigenvalue weighted by Gasteiger charge is -2.42. The smallest absolute Gasteiger partial charge is 0.248 e. The molecular formula is C18H21N3O3. The molecule has 2 bridgehead atoms. The number of fused-ring (bicyclic) bond motifs is 2. The summed E-state index contributed by atoms with van der Waals surface area (Å²) in [4.78, 5) is 17.6. The molecule has 0 unspecified atom stereocenters. The van der Waals surface area contributed by atoms with Gasteiger partial charge in [-0.25, -0.2) is 0 Å². The Kier molecular flexibility index (Phi) is 3.40. The Balaban J connectivity index is 1.95. The molecule has 3 aliphatic heterocycles. The van der Waals surface area contributed by atoms with E-state index in [4.69, 9.17) is 15.2 Å². The maximum atomic E-state index is 12.2. The molecule has 5 rings (SSSR count). The number of pyridine rings is 1. The van der Waals surface area contributed by atoms with Crippen molar-refractivity contribution in [1.29, 1.82) is 0 Å². The first kappa shape index (κ1) is 14.9. The van der Waals surface area contributed by atoms with Crippen LogP contribution in [-0.2, 0) is 0 Å². The summed E-state index contributed by atoms with van der Waals surface area (Å²) >= 11 is 0. The number of ether oxygens (including phenoxy) is 2. The Labute approximate surface area is 140 Å². The van der Waals surface area contributed by atoms with E-state index in [-0.39, 0.29) is 5.56 Å². The number of nitrogens with one attached hydrogen (secondary N) is 1. The first-order valence-electron chi connectivity index (χ1n) is 8.16. The van der Waals surface area contributed by atoms with Crippen molar-refractivity contribution in [2.75, 3.05) is 37.9 Å². The van der Waals surface area contributed by atoms with Crippen molar-refractivity contribution < 1.29 is 9.47 Å². The Morgan fingerprint density at radius 1 is 1.17 bits per heavy atom. The second kappa shape index (κ2) is 5.47. The van der Waals surface area contributed by atoms with Crippen LogP contribution in [-0.4, -0.2) is 32.3 Å². The quantitative estimate of drug-likeness (QED) is 0.846. The van der Waals surface area contributed by atoms with Gasteiger partial charge >= 0.3 is 0 Å². The van der Waals surface area contributed by atoms with Crippen molar-refractivity contribution in [3.05, 3.63) is 34.2 Å². The lowest BCUT2D eigenvalue weighted by molar-refractivity contribution is 0.356. The van der Waals surface area contributed by atoms with Crippen LogP contribution in [0, 0.1) is 0 Å². The van der Waals surface area contributed by atoms with Gasteiger partial charge in [-0.3, -0.25) is 4.79 Å². The van der Waals surface area contributed by atoms with E-state index in [0.717, 1.165) is 48.4 Å². The van der Waals surface area contributed by atoms with Gasteiger partial charge in [0.1, 0.15) is 0 Å². The third-order valence-corrected chi connectivity index (χ3v) is 5.08. The number of benzene rings is 1. The molecule has 0 amide bonds. The van der Waals surface area contributed by atoms with E-state index in [0.29, 0.717) is 23.1 Å². The number of nitrogen functional groups attached to an aromatic ring is 1. The van der Waals surface area contributed by atoms with E-state index < -0.39 is 0 Å². The largest absolute Gasteiger partial charge is 0.493 e. The maximum Gasteiger partial charge on any atom is 0.248 e. The fourth-order valence-electron chi connectivity index (χ4n) is 3.97. The number of rotatable bonds is 3. The second-order valence-electron chi connectivity index (χ2n) is 6.37. The summed E-state index contributed by atoms with van der Waals surface area (Å²) in [5, 5.41) is 0. The van der Waals surface area contributed by atoms with Crippen molar-refractivity contribution >= 4 is 11.4 Å². The molecule has 0 spiro atoms. The van der Waals surface area contributed by atoms with E-state index >= 15 is 0 Å². The summed E-state index contributed by atoms with van der Waals surface area (Å²) in [7, 11) is 3.15. The summed E-state index contributed by atoms with van der Waals surface area (Å²) in [5.74, 6) is 1.52. The highest BCUT2D eigenvalue weighted by atomic mass is 16.5. The highest BCUT2D eigenvalue weighted by molar-refractivity contribution is 5.85. The Morgan fingerprint density at radius 3 is 2.58 bits per heavy atom. The average Bonchev–Trinajstić information content (AvgIpc) is 2.61. The van der Waals surface area contributed by atoms with E-state index in [2.05, 4.69) is 9.88 Å². The topological polar surface area (TPSA) is 80.6 Å². The molecule has 1 aromatic carbocycles. The van der Waals surface area contributed by atoms with Gasteiger partial charge in [-0.2, -0.15) is 0 Å². The Bertz CT molecular complexity index is 851. The first-order valence-corrected chi connectivity index (χ1v) is 8.16. The molecule has 1 fully saturated rings. The maximum absolute atomic E-state index is 12.2. The fourth-order valence-corrected chi connectivity index (χ4v) is 3.97. The fraction of sp³-hybridized carbons (Fsp3) is 0.389. The van der Waals surface area contributed by atoms with Gasteiger partial charge in [-0.1, -0.05) is 0 Å². The number of aromatic nitrogens is 1. The minimum atomic E-state index is -0.0779. The summed E-state index contributed by atoms with van der Waals surface area (Å²) in [6.45, 7) is 2.05. The van der Waals surface area contributed by atoms with Crippen molar-refractivity contribution in [3.63, 3.8) is 0 Å². The summed E-state index contributed by atoms with van der Waals surface area (Å²) in [6.07, 6.45) is 2.20. The molecule has 1 saturated heterocycles. The van der Waals surface area contributed by atoms with Gasteiger partial charge in [-0.15, -0.1) is 0 Å². The molecule has 0 radical (unpaired) electrons. The molecule has 0 aliphatic carbocycles. The minimum absolute atomic E-state index is 0.0779. The molecule has 0 saturated carbocycles. The third-order valence-electron chi connectivity index (χ3n) is 5.08. The normalized spacial score (nSPS) is 16.2. The molecule has 6 nitrogen and oxygen atoms in total. The van der Waals surface area contributed by atoms with Gasteiger partial charge in [0.15, 0.2) is 11.5 Å². The average molecular weight is 327 g/mol. The molecule has 3 aliphatic rings. The van der Waals surface area contributed by atoms with Crippen molar-refractivity contribution in [3.8, 4) is 22.6 Å². The van der Waals surface area contributed by atoms with Gasteiger partial charge in [0.25, 0.3) is 0 Å². The van der Waals surface area contributed by atoms with Crippen LogP contribution in [0.2, 0.25) is 0 Å². The number of piperidine rings is 1. The first-order chi connectivity index (χ1) is 11.6. The van der Waals surface area contributed by atoms with Crippen LogP contribution in [0.15, 0.2) is 23.0 Å². The molecule has 4 heterocycles. The van der Waals surface area contributed by atoms with Crippen molar-refractivity contribution in [1.82, 2.24) is 4.98 Å². The van der Waals surface area contributed by atoms with E-state index in [9.17, 15) is 4.79 Å². The lowest BCUT2D eigenvalue weighted by atomic mass is 9.84. The van der Waals surface area contributed by atoms with Crippen LogP contribution in [0.3, 0.4) is 0 Å². The minimum Gasteiger partial charge on any atom is -0.493 e. The molecule has 1 aromatic heterocycles. The van der Waals surface area contributed by atoms with E-state index in [1.807, 2.05) is 12.1 Å². The zero-order chi connectivity index (χ0) is 16.8. The SMILES string of the molecule is COc1cc(-c2cc(=O)[nH]c3c2N2CCC3CC2)cc(N)c1OC. The number of methoxy groups -OCH3 is 2. The number of hydrogen-bond donors (Lipinski definition) is 2. The van der Waals surface area contributed by atoms with Gasteiger partial charge in [0.05, 0.1) is 25.6 Å². The highest BCUT2D eigenvalue weighted by Gasteiger charge is 2.34. The molecule has 24 heavy (non-hydrogen) atoms. The van der Waals surface area contributed by atoms with Crippen LogP contribution >= 0.6 is 0 Å². The molecule has 126 valence electrons. The zero-order valence-electron chi connectivity index (χ0n) is 13.9. The highest BCUT2D eigenvalue weighted by Crippen LogP contribution is 2.47. The Hall–Kier alpha value is -2.63. The number of hydrogen-bond acceptors (Lipinski definition) is 5. The van der Waals surface area contributed by atoms with Crippen molar-refractivity contribution in [2.45, 2.75) is 18.8 Å². The summed E-state index contributed by atoms with van der Waals surface area (Å²) < 4.78 is 10.7. The van der Waals surface area contributed by atoms with Gasteiger partial charge < -0.3 is 25.1 Å².